The van der Waals surface area contributed by atoms with Crippen LogP contribution in [0.2, 0.25) is 0 Å². The molecule has 3 aliphatic heterocycles. The summed E-state index contributed by atoms with van der Waals surface area (Å²) in [4.78, 5) is 13.6. The first-order valence-corrected chi connectivity index (χ1v) is 9.13. The van der Waals surface area contributed by atoms with Gasteiger partial charge in [0.15, 0.2) is 9.84 Å². The molecular weight excluding hydrogens is 306 g/mol. The number of allylic oxidation sites excluding steroid dienone is 1. The Bertz CT molecular complexity index is 678. The average molecular weight is 327 g/mol. The molecule has 3 rings (SSSR count). The summed E-state index contributed by atoms with van der Waals surface area (Å²) in [6.07, 6.45) is 2.73. The van der Waals surface area contributed by atoms with Gasteiger partial charge in [0.05, 0.1) is 17.1 Å². The highest BCUT2D eigenvalue weighted by Gasteiger charge is 2.49. The van der Waals surface area contributed by atoms with E-state index in [9.17, 15) is 18.3 Å². The lowest BCUT2D eigenvalue weighted by molar-refractivity contribution is -0.0715. The third-order valence-electron chi connectivity index (χ3n) is 4.98. The summed E-state index contributed by atoms with van der Waals surface area (Å²) in [5.74, 6) is 0. The molecule has 1 N–H and O–H groups in total. The van der Waals surface area contributed by atoms with Crippen LogP contribution in [0.4, 0.5) is 4.79 Å². The second-order valence-electron chi connectivity index (χ2n) is 6.18. The first kappa shape index (κ1) is 15.6. The van der Waals surface area contributed by atoms with Gasteiger partial charge < -0.3 is 14.7 Å². The maximum absolute atomic E-state index is 12.6. The van der Waals surface area contributed by atoms with Crippen LogP contribution in [0.25, 0.3) is 0 Å². The van der Waals surface area contributed by atoms with Crippen LogP contribution in [0.3, 0.4) is 0 Å². The van der Waals surface area contributed by atoms with Crippen molar-refractivity contribution in [2.45, 2.75) is 51.2 Å². The molecule has 0 aromatic carbocycles. The van der Waals surface area contributed by atoms with Crippen LogP contribution in [0, 0.1) is 0 Å². The summed E-state index contributed by atoms with van der Waals surface area (Å²) < 4.78 is 31.1. The normalized spacial score (nSPS) is 33.8. The van der Waals surface area contributed by atoms with Crippen LogP contribution < -0.4 is 0 Å². The lowest BCUT2D eigenvalue weighted by atomic mass is 9.79. The Hall–Kier alpha value is -1.34. The summed E-state index contributed by atoms with van der Waals surface area (Å²) in [7, 11) is -3.33. The zero-order chi connectivity index (χ0) is 16.1. The number of likely N-dealkylation sites (tertiary alicyclic amines) is 1. The molecule has 22 heavy (non-hydrogen) atoms. The number of piperidine rings is 1. The Balaban J connectivity index is 2.01. The van der Waals surface area contributed by atoms with Crippen molar-refractivity contribution in [2.24, 2.45) is 0 Å². The van der Waals surface area contributed by atoms with Crippen molar-refractivity contribution in [3.05, 3.63) is 21.5 Å². The Labute approximate surface area is 130 Å². The zero-order valence-corrected chi connectivity index (χ0v) is 13.6. The standard InChI is InChI=1S/C15H21NO5S/c1-3-11-8-12-13(22(11,19)20)4-7-21-15(12)5-6-16(14(17)18)10(2)9-15/h8,10H,3-7,9H2,1-2H3,(H,17,18)/t10-,15+/m0/s1. The predicted molar refractivity (Wildman–Crippen MR) is 81.0 cm³/mol. The minimum absolute atomic E-state index is 0.195. The smallest absolute Gasteiger partial charge is 0.407 e. The topological polar surface area (TPSA) is 83.9 Å². The van der Waals surface area contributed by atoms with Gasteiger partial charge in [0.2, 0.25) is 0 Å². The fourth-order valence-corrected chi connectivity index (χ4v) is 5.71. The van der Waals surface area contributed by atoms with E-state index in [1.54, 1.807) is 6.08 Å². The fourth-order valence-electron chi connectivity index (χ4n) is 3.86. The molecule has 7 heteroatoms. The highest BCUT2D eigenvalue weighted by Crippen LogP contribution is 2.48. The number of amides is 1. The number of carbonyl (C=O) groups is 1. The van der Waals surface area contributed by atoms with Crippen molar-refractivity contribution < 1.29 is 23.1 Å². The van der Waals surface area contributed by atoms with Gasteiger partial charge in [-0.05, 0) is 31.4 Å². The molecule has 1 spiro atoms. The SMILES string of the molecule is CCC1=CC2=C(CCO[C@@]23CCN(C(=O)O)[C@@H](C)C3)S1(=O)=O. The van der Waals surface area contributed by atoms with Gasteiger partial charge >= 0.3 is 6.09 Å². The Morgan fingerprint density at radius 2 is 2.27 bits per heavy atom. The molecule has 0 radical (unpaired) electrons. The number of hydrogen-bond acceptors (Lipinski definition) is 4. The molecule has 0 unspecified atom stereocenters. The van der Waals surface area contributed by atoms with E-state index in [0.717, 1.165) is 5.57 Å². The van der Waals surface area contributed by atoms with Gasteiger partial charge in [-0.1, -0.05) is 6.92 Å². The molecule has 3 heterocycles. The number of hydrogen-bond donors (Lipinski definition) is 1. The van der Waals surface area contributed by atoms with Crippen LogP contribution in [0.1, 0.15) is 39.5 Å². The maximum Gasteiger partial charge on any atom is 0.407 e. The van der Waals surface area contributed by atoms with E-state index in [0.29, 0.717) is 48.6 Å². The van der Waals surface area contributed by atoms with Crippen molar-refractivity contribution in [3.8, 4) is 0 Å². The summed E-state index contributed by atoms with van der Waals surface area (Å²) in [6, 6.07) is -0.195. The molecule has 0 aromatic rings. The van der Waals surface area contributed by atoms with E-state index < -0.39 is 21.5 Å². The monoisotopic (exact) mass is 327 g/mol. The Kier molecular flexibility index (Phi) is 3.60. The third-order valence-corrected chi connectivity index (χ3v) is 7.15. The van der Waals surface area contributed by atoms with Crippen LogP contribution in [0.5, 0.6) is 0 Å². The maximum atomic E-state index is 12.6. The average Bonchev–Trinajstić information content (AvgIpc) is 2.71. The molecule has 6 nitrogen and oxygen atoms in total. The molecule has 3 aliphatic rings. The highest BCUT2D eigenvalue weighted by atomic mass is 32.2. The van der Waals surface area contributed by atoms with Crippen LogP contribution in [-0.2, 0) is 14.6 Å². The number of fused-ring (bicyclic) bond motifs is 1. The number of nitrogens with zero attached hydrogens (tertiary/aromatic N) is 1. The lowest BCUT2D eigenvalue weighted by Crippen LogP contribution is -2.54. The molecular formula is C15H21NO5S. The summed E-state index contributed by atoms with van der Waals surface area (Å²) in [5.41, 5.74) is 0.121. The van der Waals surface area contributed by atoms with Crippen LogP contribution in [0.15, 0.2) is 21.5 Å². The van der Waals surface area contributed by atoms with Gasteiger partial charge in [-0.15, -0.1) is 0 Å². The second kappa shape index (κ2) is 5.09. The largest absolute Gasteiger partial charge is 0.465 e. The van der Waals surface area contributed by atoms with E-state index in [2.05, 4.69) is 0 Å². The summed E-state index contributed by atoms with van der Waals surface area (Å²) >= 11 is 0. The third kappa shape index (κ3) is 2.10. The number of carboxylic acid groups (broad SMARTS) is 1. The minimum Gasteiger partial charge on any atom is -0.465 e. The molecule has 1 saturated heterocycles. The van der Waals surface area contributed by atoms with E-state index in [4.69, 9.17) is 4.74 Å². The van der Waals surface area contributed by atoms with Gasteiger partial charge in [0.1, 0.15) is 0 Å². The Morgan fingerprint density at radius 1 is 1.55 bits per heavy atom. The van der Waals surface area contributed by atoms with Gasteiger partial charge in [0.25, 0.3) is 0 Å². The van der Waals surface area contributed by atoms with E-state index >= 15 is 0 Å². The quantitative estimate of drug-likeness (QED) is 0.799. The zero-order valence-electron chi connectivity index (χ0n) is 12.8. The molecule has 0 bridgehead atoms. The van der Waals surface area contributed by atoms with Gasteiger partial charge in [0, 0.05) is 30.3 Å². The first-order valence-electron chi connectivity index (χ1n) is 7.64. The van der Waals surface area contributed by atoms with E-state index in [-0.39, 0.29) is 6.04 Å². The van der Waals surface area contributed by atoms with Crippen molar-refractivity contribution in [2.75, 3.05) is 13.2 Å². The van der Waals surface area contributed by atoms with Crippen molar-refractivity contribution >= 4 is 15.9 Å². The van der Waals surface area contributed by atoms with Gasteiger partial charge in [-0.25, -0.2) is 13.2 Å². The molecule has 122 valence electrons. The molecule has 0 saturated carbocycles. The second-order valence-corrected chi connectivity index (χ2v) is 8.20. The fraction of sp³-hybridized carbons (Fsp3) is 0.667. The molecule has 0 aromatic heterocycles. The van der Waals surface area contributed by atoms with Gasteiger partial charge in [-0.3, -0.25) is 0 Å². The molecule has 2 atom stereocenters. The molecule has 0 aliphatic carbocycles. The van der Waals surface area contributed by atoms with E-state index in [1.165, 1.54) is 4.90 Å². The Morgan fingerprint density at radius 3 is 2.86 bits per heavy atom. The number of sulfone groups is 1. The van der Waals surface area contributed by atoms with Gasteiger partial charge in [-0.2, -0.15) is 0 Å². The summed E-state index contributed by atoms with van der Waals surface area (Å²) in [5, 5.41) is 9.21. The van der Waals surface area contributed by atoms with Crippen molar-refractivity contribution in [3.63, 3.8) is 0 Å². The molecule has 1 fully saturated rings. The van der Waals surface area contributed by atoms with Crippen LogP contribution in [-0.4, -0.2) is 49.3 Å². The lowest BCUT2D eigenvalue weighted by Gasteiger charge is -2.46. The summed E-state index contributed by atoms with van der Waals surface area (Å²) in [6.45, 7) is 4.43. The van der Waals surface area contributed by atoms with E-state index in [1.807, 2.05) is 13.8 Å². The predicted octanol–water partition coefficient (Wildman–Crippen LogP) is 2.28. The number of rotatable bonds is 1. The van der Waals surface area contributed by atoms with Crippen LogP contribution >= 0.6 is 0 Å². The van der Waals surface area contributed by atoms with Crippen molar-refractivity contribution in [1.82, 2.24) is 4.90 Å². The highest BCUT2D eigenvalue weighted by molar-refractivity contribution is 7.99. The first-order chi connectivity index (χ1) is 10.3. The minimum atomic E-state index is -3.33. The van der Waals surface area contributed by atoms with Crippen molar-refractivity contribution in [1.29, 1.82) is 0 Å². The number of ether oxygens (including phenoxy) is 1. The molecule has 1 amide bonds.